The molecule has 0 spiro atoms. The maximum absolute atomic E-state index is 5.52. The molecule has 0 aliphatic carbocycles. The number of nitrogens with zero attached hydrogens (tertiary/aromatic N) is 1. The van der Waals surface area contributed by atoms with Gasteiger partial charge in [-0.15, -0.1) is 0 Å². The van der Waals surface area contributed by atoms with Gasteiger partial charge in [0.2, 0.25) is 0 Å². The van der Waals surface area contributed by atoms with Crippen molar-refractivity contribution < 1.29 is 0 Å². The summed E-state index contributed by atoms with van der Waals surface area (Å²) in [4.78, 5) is 1.98. The molecule has 0 rings (SSSR count). The highest BCUT2D eigenvalue weighted by molar-refractivity contribution is 6.30. The van der Waals surface area contributed by atoms with Crippen molar-refractivity contribution in [3.05, 3.63) is 23.4 Å². The van der Waals surface area contributed by atoms with Gasteiger partial charge < -0.3 is 4.90 Å². The molecule has 0 aromatic heterocycles. The van der Waals surface area contributed by atoms with E-state index in [1.54, 1.807) is 0 Å². The monoisotopic (exact) mass is 145 g/mol. The zero-order chi connectivity index (χ0) is 7.44. The summed E-state index contributed by atoms with van der Waals surface area (Å²) in [5.74, 6) is 0. The third-order valence-electron chi connectivity index (χ3n) is 1.07. The highest BCUT2D eigenvalue weighted by Crippen LogP contribution is 2.04. The molecule has 0 saturated heterocycles. The van der Waals surface area contributed by atoms with Crippen LogP contribution in [0.4, 0.5) is 0 Å². The first-order valence-electron chi connectivity index (χ1n) is 2.74. The molecule has 0 heterocycles. The lowest BCUT2D eigenvalue weighted by Crippen LogP contribution is -2.07. The van der Waals surface area contributed by atoms with E-state index in [0.717, 1.165) is 5.70 Å². The summed E-state index contributed by atoms with van der Waals surface area (Å²) in [5, 5.41) is 0.571. The minimum absolute atomic E-state index is 0.571. The highest BCUT2D eigenvalue weighted by atomic mass is 35.5. The molecule has 0 saturated carbocycles. The van der Waals surface area contributed by atoms with Gasteiger partial charge in [0.1, 0.15) is 0 Å². The van der Waals surface area contributed by atoms with Gasteiger partial charge in [0.15, 0.2) is 0 Å². The van der Waals surface area contributed by atoms with E-state index in [1.165, 1.54) is 0 Å². The molecule has 2 heteroatoms. The van der Waals surface area contributed by atoms with Crippen LogP contribution in [0.25, 0.3) is 0 Å². The Labute approximate surface area is 61.6 Å². The normalized spacial score (nSPS) is 11.3. The maximum Gasteiger partial charge on any atom is 0.0351 e. The number of rotatable bonds is 2. The van der Waals surface area contributed by atoms with E-state index in [0.29, 0.717) is 5.03 Å². The average Bonchev–Trinajstić information content (AvgIpc) is 1.63. The summed E-state index contributed by atoms with van der Waals surface area (Å²) in [6.07, 6.45) is 1.82. The van der Waals surface area contributed by atoms with Gasteiger partial charge in [-0.2, -0.15) is 0 Å². The first-order chi connectivity index (χ1) is 4.04. The quantitative estimate of drug-likeness (QED) is 0.539. The van der Waals surface area contributed by atoms with E-state index in [9.17, 15) is 0 Å². The van der Waals surface area contributed by atoms with E-state index in [-0.39, 0.29) is 0 Å². The van der Waals surface area contributed by atoms with Crippen LogP contribution in [0.1, 0.15) is 6.92 Å². The van der Waals surface area contributed by atoms with Crippen molar-refractivity contribution >= 4 is 11.6 Å². The summed E-state index contributed by atoms with van der Waals surface area (Å²) in [6.45, 7) is 5.52. The minimum Gasteiger partial charge on any atom is -0.381 e. The third-order valence-corrected chi connectivity index (χ3v) is 1.18. The third kappa shape index (κ3) is 4.10. The highest BCUT2D eigenvalue weighted by Gasteiger charge is 1.89. The maximum atomic E-state index is 5.52. The lowest BCUT2D eigenvalue weighted by Gasteiger charge is -2.11. The second-order valence-electron chi connectivity index (χ2n) is 2.13. The molecule has 0 atom stereocenters. The van der Waals surface area contributed by atoms with Gasteiger partial charge in [-0.25, -0.2) is 0 Å². The first kappa shape index (κ1) is 8.57. The number of allylic oxidation sites excluding steroid dienone is 3. The largest absolute Gasteiger partial charge is 0.381 e. The minimum atomic E-state index is 0.571. The molecule has 0 aliphatic rings. The van der Waals surface area contributed by atoms with Gasteiger partial charge in [-0.05, 0) is 13.0 Å². The molecule has 0 radical (unpaired) electrons. The molecule has 0 aliphatic heterocycles. The second kappa shape index (κ2) is 3.57. The Balaban J connectivity index is 4.00. The molecule has 0 unspecified atom stereocenters. The van der Waals surface area contributed by atoms with Gasteiger partial charge >= 0.3 is 0 Å². The fraction of sp³-hybridized carbons (Fsp3) is 0.429. The predicted octanol–water partition coefficient (Wildman–Crippen LogP) is 2.20. The molecule has 0 N–H and O–H groups in total. The van der Waals surface area contributed by atoms with Crippen LogP contribution in [-0.4, -0.2) is 19.0 Å². The van der Waals surface area contributed by atoms with Crippen molar-refractivity contribution in [1.29, 1.82) is 0 Å². The predicted molar refractivity (Wildman–Crippen MR) is 42.4 cm³/mol. The van der Waals surface area contributed by atoms with Crippen LogP contribution in [-0.2, 0) is 0 Å². The average molecular weight is 146 g/mol. The summed E-state index contributed by atoms with van der Waals surface area (Å²) in [5.41, 5.74) is 1.11. The summed E-state index contributed by atoms with van der Waals surface area (Å²) >= 11 is 5.52. The molecule has 0 amide bonds. The lowest BCUT2D eigenvalue weighted by atomic mass is 10.4. The van der Waals surface area contributed by atoms with E-state index >= 15 is 0 Å². The van der Waals surface area contributed by atoms with Gasteiger partial charge in [-0.1, -0.05) is 18.2 Å². The summed E-state index contributed by atoms with van der Waals surface area (Å²) in [7, 11) is 3.93. The Morgan fingerprint density at radius 2 is 2.00 bits per heavy atom. The Bertz CT molecular complexity index is 136. The second-order valence-corrected chi connectivity index (χ2v) is 2.61. The van der Waals surface area contributed by atoms with Crippen molar-refractivity contribution in [2.45, 2.75) is 6.92 Å². The fourth-order valence-electron chi connectivity index (χ4n) is 0.356. The molecular weight excluding hydrogens is 134 g/mol. The molecule has 0 fully saturated rings. The Morgan fingerprint density at radius 1 is 1.56 bits per heavy atom. The van der Waals surface area contributed by atoms with Crippen molar-refractivity contribution in [1.82, 2.24) is 4.90 Å². The number of hydrogen-bond acceptors (Lipinski definition) is 1. The van der Waals surface area contributed by atoms with Crippen molar-refractivity contribution in [2.24, 2.45) is 0 Å². The fourth-order valence-corrected chi connectivity index (χ4v) is 0.514. The molecule has 1 nitrogen and oxygen atoms in total. The van der Waals surface area contributed by atoms with Gasteiger partial charge in [0.05, 0.1) is 0 Å². The lowest BCUT2D eigenvalue weighted by molar-refractivity contribution is 0.514. The first-order valence-corrected chi connectivity index (χ1v) is 3.12. The van der Waals surface area contributed by atoms with E-state index in [2.05, 4.69) is 6.58 Å². The van der Waals surface area contributed by atoms with Gasteiger partial charge in [0, 0.05) is 24.8 Å². The van der Waals surface area contributed by atoms with Crippen molar-refractivity contribution in [3.8, 4) is 0 Å². The Morgan fingerprint density at radius 3 is 2.11 bits per heavy atom. The number of halogens is 1. The smallest absolute Gasteiger partial charge is 0.0351 e. The van der Waals surface area contributed by atoms with Crippen LogP contribution < -0.4 is 0 Å². The Kier molecular flexibility index (Phi) is 3.40. The van der Waals surface area contributed by atoms with Gasteiger partial charge in [0.25, 0.3) is 0 Å². The molecule has 0 aromatic rings. The zero-order valence-corrected chi connectivity index (χ0v) is 6.87. The number of hydrogen-bond donors (Lipinski definition) is 0. The van der Waals surface area contributed by atoms with Crippen molar-refractivity contribution in [3.63, 3.8) is 0 Å². The summed E-state index contributed by atoms with van der Waals surface area (Å²) in [6, 6.07) is 0. The molecule has 52 valence electrons. The molecular formula is C7H12ClN. The topological polar surface area (TPSA) is 3.24 Å². The SMILES string of the molecule is C=C(Cl)/C=C(/C)N(C)C. The van der Waals surface area contributed by atoms with Crippen LogP contribution in [0.5, 0.6) is 0 Å². The van der Waals surface area contributed by atoms with E-state index in [4.69, 9.17) is 11.6 Å². The molecule has 9 heavy (non-hydrogen) atoms. The standard InChI is InChI=1S/C7H12ClN/c1-6(8)5-7(2)9(3)4/h5H,1H2,2-4H3/b7-5-. The molecule has 0 aromatic carbocycles. The van der Waals surface area contributed by atoms with E-state index < -0.39 is 0 Å². The van der Waals surface area contributed by atoms with E-state index in [1.807, 2.05) is 32.0 Å². The Hall–Kier alpha value is -0.430. The van der Waals surface area contributed by atoms with Gasteiger partial charge in [-0.3, -0.25) is 0 Å². The van der Waals surface area contributed by atoms with Crippen LogP contribution in [0, 0.1) is 0 Å². The van der Waals surface area contributed by atoms with Crippen LogP contribution >= 0.6 is 11.6 Å². The van der Waals surface area contributed by atoms with Crippen molar-refractivity contribution in [2.75, 3.05) is 14.1 Å². The van der Waals surface area contributed by atoms with Crippen LogP contribution in [0.3, 0.4) is 0 Å². The van der Waals surface area contributed by atoms with Crippen LogP contribution in [0.15, 0.2) is 23.4 Å². The molecule has 0 bridgehead atoms. The summed E-state index contributed by atoms with van der Waals surface area (Å²) < 4.78 is 0. The van der Waals surface area contributed by atoms with Crippen LogP contribution in [0.2, 0.25) is 0 Å². The zero-order valence-electron chi connectivity index (χ0n) is 6.11.